The lowest BCUT2D eigenvalue weighted by Gasteiger charge is -2.25. The predicted molar refractivity (Wildman–Crippen MR) is 179 cm³/mol. The number of carbonyl (C=O) groups is 1. The van der Waals surface area contributed by atoms with Gasteiger partial charge in [-0.1, -0.05) is 86.1 Å². The Labute approximate surface area is 260 Å². The minimum atomic E-state index is -0.309. The van der Waals surface area contributed by atoms with Crippen molar-refractivity contribution in [2.75, 3.05) is 17.2 Å². The first kappa shape index (κ1) is 31.2. The molecule has 1 aliphatic heterocycles. The third-order valence-electron chi connectivity index (χ3n) is 8.00. The topological polar surface area (TPSA) is 98.5 Å². The number of hydrogen-bond donors (Lipinski definition) is 6. The van der Waals surface area contributed by atoms with Crippen molar-refractivity contribution in [2.24, 2.45) is 0 Å². The van der Waals surface area contributed by atoms with Gasteiger partial charge in [0.05, 0.1) is 12.3 Å². The Kier molecular flexibility index (Phi) is 11.0. The number of anilines is 2. The zero-order valence-corrected chi connectivity index (χ0v) is 25.9. The van der Waals surface area contributed by atoms with E-state index in [0.717, 1.165) is 71.4 Å². The van der Waals surface area contributed by atoms with Gasteiger partial charge in [-0.05, 0) is 97.0 Å². The van der Waals surface area contributed by atoms with Gasteiger partial charge in [-0.3, -0.25) is 0 Å². The summed E-state index contributed by atoms with van der Waals surface area (Å²) in [7, 11) is 0. The van der Waals surface area contributed by atoms with Gasteiger partial charge in [-0.2, -0.15) is 11.1 Å². The Bertz CT molecular complexity index is 1500. The zero-order chi connectivity index (χ0) is 30.7. The van der Waals surface area contributed by atoms with Crippen molar-refractivity contribution in [2.45, 2.75) is 65.0 Å². The Morgan fingerprint density at radius 2 is 1.61 bits per heavy atom. The molecule has 4 aromatic rings. The van der Waals surface area contributed by atoms with Crippen LogP contribution in [0.25, 0.3) is 11.1 Å². The molecule has 0 radical (unpaired) electrons. The van der Waals surface area contributed by atoms with Gasteiger partial charge in [-0.15, -0.1) is 0 Å². The third-order valence-corrected chi connectivity index (χ3v) is 8.00. The van der Waals surface area contributed by atoms with Gasteiger partial charge >= 0.3 is 6.03 Å². The molecule has 1 heterocycles. The number of nitrogens with one attached hydrogen (secondary N) is 6. The minimum absolute atomic E-state index is 0.139. The van der Waals surface area contributed by atoms with Crippen molar-refractivity contribution in [1.82, 2.24) is 21.9 Å². The van der Waals surface area contributed by atoms with E-state index in [4.69, 9.17) is 4.74 Å². The maximum Gasteiger partial charge on any atom is 0.323 e. The lowest BCUT2D eigenvalue weighted by Crippen LogP contribution is -2.33. The van der Waals surface area contributed by atoms with Gasteiger partial charge in [0.2, 0.25) is 0 Å². The van der Waals surface area contributed by atoms with Crippen LogP contribution in [-0.2, 0) is 6.42 Å². The zero-order valence-electron chi connectivity index (χ0n) is 25.9. The molecule has 0 bridgehead atoms. The molecule has 1 fully saturated rings. The van der Waals surface area contributed by atoms with E-state index in [2.05, 4.69) is 94.9 Å². The smallest absolute Gasteiger partial charge is 0.323 e. The second kappa shape index (κ2) is 15.5. The van der Waals surface area contributed by atoms with Gasteiger partial charge in [0, 0.05) is 5.69 Å². The maximum atomic E-state index is 13.4. The number of ether oxygens (including phenoxy) is 1. The number of carbonyl (C=O) groups excluding carboxylic acids is 1. The number of hydrazine groups is 3. The molecule has 4 aromatic carbocycles. The molecule has 0 spiro atoms. The van der Waals surface area contributed by atoms with Crippen molar-refractivity contribution < 1.29 is 9.53 Å². The summed E-state index contributed by atoms with van der Waals surface area (Å²) in [5, 5.41) is 6.14. The molecule has 44 heavy (non-hydrogen) atoms. The molecule has 0 saturated carbocycles. The SMILES string of the molecule is CCCOc1c(NC(=O)Nc2ccc(C)cc2)cc(-c2ccccc2C2NNNN2)cc1C(CC)CCCc1ccccc1. The standard InChI is InChI=1S/C36H44N6O2/c1-4-22-44-34-32(27(5-2)15-11-14-26-12-7-6-8-13-26)23-28(30-16-9-10-17-31(30)35-39-41-42-40-35)24-33(34)38-36(43)37-29-20-18-25(3)19-21-29/h6-10,12-13,16-21,23-24,27,35,39-42H,4-5,11,14-15,22H2,1-3H3,(H2,37,38,43). The lowest BCUT2D eigenvalue weighted by atomic mass is 9.86. The summed E-state index contributed by atoms with van der Waals surface area (Å²) in [5.41, 5.74) is 20.4. The normalized spacial score (nSPS) is 13.9. The van der Waals surface area contributed by atoms with E-state index in [1.165, 1.54) is 5.56 Å². The fourth-order valence-electron chi connectivity index (χ4n) is 5.69. The number of benzene rings is 4. The molecule has 6 N–H and O–H groups in total. The fourth-order valence-corrected chi connectivity index (χ4v) is 5.69. The molecule has 1 atom stereocenters. The van der Waals surface area contributed by atoms with Crippen molar-refractivity contribution in [1.29, 1.82) is 0 Å². The molecule has 8 nitrogen and oxygen atoms in total. The van der Waals surface area contributed by atoms with Gasteiger partial charge in [-0.25, -0.2) is 15.6 Å². The molecule has 1 aliphatic rings. The molecular weight excluding hydrogens is 548 g/mol. The lowest BCUT2D eigenvalue weighted by molar-refractivity contribution is 0.261. The average Bonchev–Trinajstić information content (AvgIpc) is 3.59. The third kappa shape index (κ3) is 8.03. The molecule has 2 amide bonds. The van der Waals surface area contributed by atoms with E-state index in [-0.39, 0.29) is 18.1 Å². The Balaban J connectivity index is 1.53. The molecular formula is C36H44N6O2. The maximum absolute atomic E-state index is 13.4. The highest BCUT2D eigenvalue weighted by Crippen LogP contribution is 2.43. The number of urea groups is 1. The molecule has 0 aromatic heterocycles. The highest BCUT2D eigenvalue weighted by Gasteiger charge is 2.24. The fraction of sp³-hybridized carbons (Fsp3) is 0.306. The molecule has 1 saturated heterocycles. The van der Waals surface area contributed by atoms with Crippen molar-refractivity contribution >= 4 is 17.4 Å². The highest BCUT2D eigenvalue weighted by atomic mass is 16.5. The van der Waals surface area contributed by atoms with Crippen molar-refractivity contribution in [3.63, 3.8) is 0 Å². The van der Waals surface area contributed by atoms with Crippen LogP contribution in [-0.4, -0.2) is 12.6 Å². The molecule has 230 valence electrons. The summed E-state index contributed by atoms with van der Waals surface area (Å²) in [4.78, 5) is 13.4. The van der Waals surface area contributed by atoms with Gasteiger partial charge < -0.3 is 15.4 Å². The van der Waals surface area contributed by atoms with Crippen LogP contribution < -0.4 is 37.3 Å². The molecule has 0 aliphatic carbocycles. The van der Waals surface area contributed by atoms with Gasteiger partial charge in [0.25, 0.3) is 0 Å². The summed E-state index contributed by atoms with van der Waals surface area (Å²) < 4.78 is 6.47. The van der Waals surface area contributed by atoms with E-state index in [9.17, 15) is 4.79 Å². The summed E-state index contributed by atoms with van der Waals surface area (Å²) in [5.74, 6) is 1.00. The van der Waals surface area contributed by atoms with Crippen LogP contribution in [0.4, 0.5) is 16.2 Å². The Hall–Kier alpha value is -4.21. The van der Waals surface area contributed by atoms with Crippen molar-refractivity contribution in [3.8, 4) is 16.9 Å². The first-order valence-electron chi connectivity index (χ1n) is 15.6. The van der Waals surface area contributed by atoms with Crippen LogP contribution in [0.2, 0.25) is 0 Å². The van der Waals surface area contributed by atoms with Crippen LogP contribution >= 0.6 is 0 Å². The summed E-state index contributed by atoms with van der Waals surface area (Å²) in [6, 6.07) is 30.7. The van der Waals surface area contributed by atoms with Crippen LogP contribution in [0.3, 0.4) is 0 Å². The Morgan fingerprint density at radius 1 is 0.886 bits per heavy atom. The summed E-state index contributed by atoms with van der Waals surface area (Å²) in [6.45, 7) is 6.92. The first-order valence-corrected chi connectivity index (χ1v) is 15.6. The van der Waals surface area contributed by atoms with Crippen LogP contribution in [0.5, 0.6) is 5.75 Å². The summed E-state index contributed by atoms with van der Waals surface area (Å²) in [6.07, 6.45) is 4.77. The average molecular weight is 593 g/mol. The second-order valence-electron chi connectivity index (χ2n) is 11.3. The quantitative estimate of drug-likeness (QED) is 0.0951. The van der Waals surface area contributed by atoms with Crippen LogP contribution in [0.1, 0.15) is 73.9 Å². The van der Waals surface area contributed by atoms with E-state index in [0.29, 0.717) is 12.3 Å². The highest BCUT2D eigenvalue weighted by molar-refractivity contribution is 6.01. The summed E-state index contributed by atoms with van der Waals surface area (Å²) >= 11 is 0. The van der Waals surface area contributed by atoms with E-state index in [1.807, 2.05) is 49.4 Å². The monoisotopic (exact) mass is 592 g/mol. The largest absolute Gasteiger partial charge is 0.491 e. The van der Waals surface area contributed by atoms with Gasteiger partial charge in [0.1, 0.15) is 11.9 Å². The Morgan fingerprint density at radius 3 is 2.34 bits per heavy atom. The van der Waals surface area contributed by atoms with Crippen LogP contribution in [0, 0.1) is 6.92 Å². The first-order chi connectivity index (χ1) is 21.6. The van der Waals surface area contributed by atoms with Gasteiger partial charge in [0.15, 0.2) is 0 Å². The molecule has 8 heteroatoms. The number of amides is 2. The number of aryl methyl sites for hydroxylation is 2. The minimum Gasteiger partial charge on any atom is -0.491 e. The second-order valence-corrected chi connectivity index (χ2v) is 11.3. The van der Waals surface area contributed by atoms with E-state index < -0.39 is 0 Å². The predicted octanol–water partition coefficient (Wildman–Crippen LogP) is 7.73. The van der Waals surface area contributed by atoms with E-state index in [1.54, 1.807) is 0 Å². The van der Waals surface area contributed by atoms with Crippen LogP contribution in [0.15, 0.2) is 91.0 Å². The number of rotatable bonds is 13. The number of hydrogen-bond acceptors (Lipinski definition) is 6. The van der Waals surface area contributed by atoms with E-state index >= 15 is 0 Å². The van der Waals surface area contributed by atoms with Crippen molar-refractivity contribution in [3.05, 3.63) is 113 Å². The molecule has 1 unspecified atom stereocenters. The molecule has 5 rings (SSSR count).